The number of carbonyl (C=O) groups excluding carboxylic acids is 1. The lowest BCUT2D eigenvalue weighted by Gasteiger charge is -2.31. The first-order valence-electron chi connectivity index (χ1n) is 7.88. The second-order valence-electron chi connectivity index (χ2n) is 5.91. The summed E-state index contributed by atoms with van der Waals surface area (Å²) < 4.78 is 1.10. The Balaban J connectivity index is 1.48. The summed E-state index contributed by atoms with van der Waals surface area (Å²) in [5, 5.41) is 2.96. The van der Waals surface area contributed by atoms with Crippen LogP contribution in [-0.2, 0) is 11.3 Å². The van der Waals surface area contributed by atoms with E-state index < -0.39 is 0 Å². The van der Waals surface area contributed by atoms with Crippen LogP contribution >= 0.6 is 15.9 Å². The number of nitrogens with one attached hydrogen (secondary N) is 1. The first-order chi connectivity index (χ1) is 11.2. The Hall–Kier alpha value is -1.72. The molecule has 1 N–H and O–H groups in total. The Kier molecular flexibility index (Phi) is 5.41. The number of rotatable bonds is 4. The normalized spacial score (nSPS) is 16.2. The van der Waals surface area contributed by atoms with Crippen LogP contribution < -0.4 is 5.32 Å². The number of aromatic nitrogens is 1. The molecule has 0 unspecified atom stereocenters. The van der Waals surface area contributed by atoms with E-state index in [1.807, 2.05) is 12.1 Å². The van der Waals surface area contributed by atoms with Gasteiger partial charge in [-0.25, -0.2) is 0 Å². The highest BCUT2D eigenvalue weighted by atomic mass is 79.9. The van der Waals surface area contributed by atoms with Crippen molar-refractivity contribution in [2.75, 3.05) is 18.4 Å². The monoisotopic (exact) mass is 373 g/mol. The van der Waals surface area contributed by atoms with Crippen molar-refractivity contribution in [1.29, 1.82) is 0 Å². The summed E-state index contributed by atoms with van der Waals surface area (Å²) in [5.41, 5.74) is 2.08. The maximum atomic E-state index is 12.3. The highest BCUT2D eigenvalue weighted by Crippen LogP contribution is 2.21. The van der Waals surface area contributed by atoms with Crippen molar-refractivity contribution in [1.82, 2.24) is 9.88 Å². The van der Waals surface area contributed by atoms with Crippen LogP contribution in [0.4, 0.5) is 5.69 Å². The lowest BCUT2D eigenvalue weighted by Crippen LogP contribution is -2.37. The molecule has 23 heavy (non-hydrogen) atoms. The minimum atomic E-state index is 0.0939. The number of hydrogen-bond acceptors (Lipinski definition) is 3. The van der Waals surface area contributed by atoms with Gasteiger partial charge in [0.25, 0.3) is 0 Å². The molecule has 0 radical (unpaired) electrons. The van der Waals surface area contributed by atoms with Gasteiger partial charge in [-0.1, -0.05) is 28.1 Å². The van der Waals surface area contributed by atoms with E-state index in [0.29, 0.717) is 0 Å². The number of halogens is 1. The molecule has 2 aromatic rings. The molecular weight excluding hydrogens is 354 g/mol. The number of benzene rings is 1. The van der Waals surface area contributed by atoms with Crippen LogP contribution in [-0.4, -0.2) is 28.9 Å². The minimum Gasteiger partial charge on any atom is -0.324 e. The van der Waals surface area contributed by atoms with E-state index in [0.717, 1.165) is 42.6 Å². The molecule has 2 heterocycles. The molecule has 1 amide bonds. The Bertz CT molecular complexity index is 637. The minimum absolute atomic E-state index is 0.0939. The number of likely N-dealkylation sites (tertiary alicyclic amines) is 1. The van der Waals surface area contributed by atoms with E-state index >= 15 is 0 Å². The van der Waals surface area contributed by atoms with Gasteiger partial charge in [-0.3, -0.25) is 14.7 Å². The molecule has 0 saturated carbocycles. The van der Waals surface area contributed by atoms with Crippen molar-refractivity contribution in [3.63, 3.8) is 0 Å². The van der Waals surface area contributed by atoms with E-state index in [-0.39, 0.29) is 11.8 Å². The molecule has 0 bridgehead atoms. The van der Waals surface area contributed by atoms with Gasteiger partial charge < -0.3 is 5.32 Å². The van der Waals surface area contributed by atoms with Gasteiger partial charge in [0, 0.05) is 23.1 Å². The van der Waals surface area contributed by atoms with Crippen LogP contribution in [0.3, 0.4) is 0 Å². The predicted molar refractivity (Wildman–Crippen MR) is 95.0 cm³/mol. The van der Waals surface area contributed by atoms with Crippen molar-refractivity contribution >= 4 is 27.5 Å². The molecule has 3 rings (SSSR count). The number of amides is 1. The Morgan fingerprint density at radius 1 is 1.22 bits per heavy atom. The third-order valence-electron chi connectivity index (χ3n) is 4.21. The summed E-state index contributed by atoms with van der Waals surface area (Å²) in [6.45, 7) is 2.87. The Morgan fingerprint density at radius 3 is 2.61 bits per heavy atom. The van der Waals surface area contributed by atoms with Crippen LogP contribution in [0.15, 0.2) is 53.3 Å². The summed E-state index contributed by atoms with van der Waals surface area (Å²) in [4.78, 5) is 18.7. The fraction of sp³-hybridized carbons (Fsp3) is 0.333. The molecule has 5 heteroatoms. The van der Waals surface area contributed by atoms with Gasteiger partial charge in [0.05, 0.1) is 11.9 Å². The first kappa shape index (κ1) is 16.1. The number of hydrogen-bond donors (Lipinski definition) is 1. The second-order valence-corrected chi connectivity index (χ2v) is 6.82. The molecule has 0 atom stereocenters. The number of anilines is 1. The third kappa shape index (κ3) is 4.62. The van der Waals surface area contributed by atoms with Crippen LogP contribution in [0.5, 0.6) is 0 Å². The van der Waals surface area contributed by atoms with Crippen molar-refractivity contribution < 1.29 is 4.79 Å². The van der Waals surface area contributed by atoms with Gasteiger partial charge in [-0.2, -0.15) is 0 Å². The summed E-state index contributed by atoms with van der Waals surface area (Å²) in [7, 11) is 0. The zero-order valence-electron chi connectivity index (χ0n) is 12.9. The molecule has 4 nitrogen and oxygen atoms in total. The van der Waals surface area contributed by atoms with Gasteiger partial charge in [-0.15, -0.1) is 0 Å². The van der Waals surface area contributed by atoms with E-state index in [2.05, 4.69) is 55.4 Å². The van der Waals surface area contributed by atoms with Crippen LogP contribution in [0, 0.1) is 5.92 Å². The smallest absolute Gasteiger partial charge is 0.227 e. The average Bonchev–Trinajstić information content (AvgIpc) is 2.58. The maximum absolute atomic E-state index is 12.3. The van der Waals surface area contributed by atoms with Gasteiger partial charge in [-0.05, 0) is 55.8 Å². The zero-order valence-corrected chi connectivity index (χ0v) is 14.5. The summed E-state index contributed by atoms with van der Waals surface area (Å²) in [6, 6.07) is 12.1. The molecule has 0 aliphatic carbocycles. The van der Waals surface area contributed by atoms with Crippen molar-refractivity contribution in [3.8, 4) is 0 Å². The molecular formula is C18H20BrN3O. The molecule has 1 saturated heterocycles. The van der Waals surface area contributed by atoms with Crippen LogP contribution in [0.25, 0.3) is 0 Å². The average molecular weight is 374 g/mol. The number of carbonyl (C=O) groups is 1. The lowest BCUT2D eigenvalue weighted by molar-refractivity contribution is -0.121. The van der Waals surface area contributed by atoms with E-state index in [4.69, 9.17) is 0 Å². The van der Waals surface area contributed by atoms with E-state index in [9.17, 15) is 4.79 Å². The molecule has 1 aliphatic heterocycles. The Morgan fingerprint density at radius 2 is 1.96 bits per heavy atom. The topological polar surface area (TPSA) is 45.2 Å². The van der Waals surface area contributed by atoms with Gasteiger partial charge >= 0.3 is 0 Å². The highest BCUT2D eigenvalue weighted by Gasteiger charge is 2.25. The van der Waals surface area contributed by atoms with Gasteiger partial charge in [0.1, 0.15) is 0 Å². The van der Waals surface area contributed by atoms with Gasteiger partial charge in [0.2, 0.25) is 5.91 Å². The second kappa shape index (κ2) is 7.70. The number of pyridine rings is 1. The maximum Gasteiger partial charge on any atom is 0.227 e. The molecule has 1 aromatic heterocycles. The molecule has 0 spiro atoms. The highest BCUT2D eigenvalue weighted by molar-refractivity contribution is 9.10. The lowest BCUT2D eigenvalue weighted by atomic mass is 9.95. The predicted octanol–water partition coefficient (Wildman–Crippen LogP) is 3.69. The fourth-order valence-electron chi connectivity index (χ4n) is 2.88. The van der Waals surface area contributed by atoms with Crippen molar-refractivity contribution in [2.45, 2.75) is 19.4 Å². The van der Waals surface area contributed by atoms with Crippen LogP contribution in [0.1, 0.15) is 18.4 Å². The number of nitrogens with zero attached hydrogens (tertiary/aromatic N) is 2. The molecule has 1 fully saturated rings. The Labute approximate surface area is 145 Å². The molecule has 120 valence electrons. The number of piperidine rings is 1. The van der Waals surface area contributed by atoms with E-state index in [1.54, 1.807) is 12.4 Å². The van der Waals surface area contributed by atoms with E-state index in [1.165, 1.54) is 5.56 Å². The largest absolute Gasteiger partial charge is 0.324 e. The van der Waals surface area contributed by atoms with Crippen LogP contribution in [0.2, 0.25) is 0 Å². The fourth-order valence-corrected chi connectivity index (χ4v) is 3.15. The van der Waals surface area contributed by atoms with Gasteiger partial charge in [0.15, 0.2) is 0 Å². The molecule has 1 aromatic carbocycles. The third-order valence-corrected chi connectivity index (χ3v) is 4.74. The summed E-state index contributed by atoms with van der Waals surface area (Å²) >= 11 is 3.46. The summed E-state index contributed by atoms with van der Waals surface area (Å²) in [6.07, 6.45) is 5.20. The standard InChI is InChI=1S/C18H20BrN3O/c19-16-5-3-14(4-6-16)13-22-10-7-15(8-11-22)18(23)21-17-2-1-9-20-12-17/h1-6,9,12,15H,7-8,10-11,13H2,(H,21,23). The van der Waals surface area contributed by atoms with Crippen molar-refractivity contribution in [2.24, 2.45) is 5.92 Å². The zero-order chi connectivity index (χ0) is 16.1. The van der Waals surface area contributed by atoms with Crippen molar-refractivity contribution in [3.05, 3.63) is 58.8 Å². The quantitative estimate of drug-likeness (QED) is 0.888. The first-order valence-corrected chi connectivity index (χ1v) is 8.68. The SMILES string of the molecule is O=C(Nc1cccnc1)C1CCN(Cc2ccc(Br)cc2)CC1. The molecule has 1 aliphatic rings. The summed E-state index contributed by atoms with van der Waals surface area (Å²) in [5.74, 6) is 0.206.